The molecule has 43 heavy (non-hydrogen) atoms. The standard InChI is InChI=1S/C31H33ClF3N3O4S/c1-2-28(30(40)36-24-13-7-8-14-24)37(20-22-11-6-9-18-27(22)32)29(39)21-38(43(41,42)26-16-4-3-5-17-26)25-15-10-12-23(19-25)31(33,34)35/h3-6,9-12,15-19,24,28H,2,7-8,13-14,20-21H2,1H3,(H,36,40). The van der Waals surface area contributed by atoms with E-state index >= 15 is 0 Å². The monoisotopic (exact) mass is 635 g/mol. The highest BCUT2D eigenvalue weighted by molar-refractivity contribution is 7.92. The number of amides is 2. The van der Waals surface area contributed by atoms with E-state index in [0.29, 0.717) is 21.0 Å². The second-order valence-electron chi connectivity index (χ2n) is 10.4. The maximum atomic E-state index is 14.1. The Hall–Kier alpha value is -3.57. The van der Waals surface area contributed by atoms with Gasteiger partial charge in [0.05, 0.1) is 16.1 Å². The Morgan fingerprint density at radius 2 is 1.63 bits per heavy atom. The van der Waals surface area contributed by atoms with Crippen LogP contribution in [0.4, 0.5) is 18.9 Å². The zero-order valence-electron chi connectivity index (χ0n) is 23.6. The summed E-state index contributed by atoms with van der Waals surface area (Å²) in [5.41, 5.74) is -0.879. The predicted molar refractivity (Wildman–Crippen MR) is 159 cm³/mol. The van der Waals surface area contributed by atoms with E-state index in [9.17, 15) is 31.2 Å². The summed E-state index contributed by atoms with van der Waals surface area (Å²) in [5.74, 6) is -1.16. The molecule has 0 radical (unpaired) electrons. The molecule has 3 aromatic rings. The van der Waals surface area contributed by atoms with E-state index in [1.54, 1.807) is 37.3 Å². The number of nitrogens with zero attached hydrogens (tertiary/aromatic N) is 2. The van der Waals surface area contributed by atoms with Crippen LogP contribution in [0.3, 0.4) is 0 Å². The zero-order valence-corrected chi connectivity index (χ0v) is 25.1. The third kappa shape index (κ3) is 7.88. The lowest BCUT2D eigenvalue weighted by Crippen LogP contribution is -2.53. The molecule has 0 aromatic heterocycles. The first-order valence-corrected chi connectivity index (χ1v) is 15.8. The Morgan fingerprint density at radius 1 is 0.977 bits per heavy atom. The molecule has 1 atom stereocenters. The van der Waals surface area contributed by atoms with Crippen LogP contribution in [0.1, 0.15) is 50.2 Å². The second kappa shape index (κ2) is 13.8. The Kier molecular flexibility index (Phi) is 10.4. The van der Waals surface area contributed by atoms with Crippen LogP contribution in [0, 0.1) is 0 Å². The number of halogens is 4. The zero-order chi connectivity index (χ0) is 31.2. The molecule has 2 amide bonds. The highest BCUT2D eigenvalue weighted by atomic mass is 35.5. The van der Waals surface area contributed by atoms with E-state index in [-0.39, 0.29) is 35.5 Å². The maximum Gasteiger partial charge on any atom is 0.416 e. The number of alkyl halides is 3. The van der Waals surface area contributed by atoms with Crippen LogP contribution >= 0.6 is 11.6 Å². The molecule has 0 aliphatic heterocycles. The number of nitrogens with one attached hydrogen (secondary N) is 1. The average Bonchev–Trinajstić information content (AvgIpc) is 3.49. The summed E-state index contributed by atoms with van der Waals surface area (Å²) < 4.78 is 69.2. The highest BCUT2D eigenvalue weighted by Gasteiger charge is 2.36. The molecule has 0 bridgehead atoms. The van der Waals surface area contributed by atoms with Crippen LogP contribution in [-0.4, -0.2) is 43.8 Å². The molecule has 0 heterocycles. The van der Waals surface area contributed by atoms with Gasteiger partial charge in [-0.2, -0.15) is 13.2 Å². The SMILES string of the molecule is CCC(C(=O)NC1CCCC1)N(Cc1ccccc1Cl)C(=O)CN(c1cccc(C(F)(F)F)c1)S(=O)(=O)c1ccccc1. The van der Waals surface area contributed by atoms with E-state index < -0.39 is 40.3 Å². The summed E-state index contributed by atoms with van der Waals surface area (Å²) in [6, 6.07) is 16.7. The van der Waals surface area contributed by atoms with E-state index in [2.05, 4.69) is 5.32 Å². The number of carbonyl (C=O) groups excluding carboxylic acids is 2. The summed E-state index contributed by atoms with van der Waals surface area (Å²) >= 11 is 6.40. The van der Waals surface area contributed by atoms with Crippen molar-refractivity contribution in [2.45, 2.75) is 68.7 Å². The van der Waals surface area contributed by atoms with Gasteiger partial charge in [0.15, 0.2) is 0 Å². The summed E-state index contributed by atoms with van der Waals surface area (Å²) in [5, 5.41) is 3.35. The van der Waals surface area contributed by atoms with Crippen LogP contribution in [0.15, 0.2) is 83.8 Å². The van der Waals surface area contributed by atoms with E-state index in [1.165, 1.54) is 35.2 Å². The van der Waals surface area contributed by atoms with Gasteiger partial charge in [-0.05, 0) is 61.2 Å². The lowest BCUT2D eigenvalue weighted by atomic mass is 10.1. The van der Waals surface area contributed by atoms with E-state index in [4.69, 9.17) is 11.6 Å². The van der Waals surface area contributed by atoms with Gasteiger partial charge >= 0.3 is 6.18 Å². The largest absolute Gasteiger partial charge is 0.416 e. The fraction of sp³-hybridized carbons (Fsp3) is 0.355. The molecule has 0 saturated heterocycles. The minimum absolute atomic E-state index is 0.0288. The highest BCUT2D eigenvalue weighted by Crippen LogP contribution is 2.33. The Bertz CT molecular complexity index is 1530. The summed E-state index contributed by atoms with van der Waals surface area (Å²) in [6.45, 7) is 0.768. The Morgan fingerprint density at radius 3 is 2.26 bits per heavy atom. The van der Waals surface area contributed by atoms with Crippen molar-refractivity contribution in [2.75, 3.05) is 10.8 Å². The van der Waals surface area contributed by atoms with Crippen LogP contribution in [0.25, 0.3) is 0 Å². The van der Waals surface area contributed by atoms with Crippen molar-refractivity contribution in [3.05, 3.63) is 95.0 Å². The third-order valence-corrected chi connectivity index (χ3v) is 9.61. The van der Waals surface area contributed by atoms with Gasteiger partial charge in [0, 0.05) is 17.6 Å². The van der Waals surface area contributed by atoms with Gasteiger partial charge in [-0.1, -0.05) is 73.8 Å². The first kappa shape index (κ1) is 32.3. The number of sulfonamides is 1. The van der Waals surface area contributed by atoms with E-state index in [0.717, 1.165) is 37.8 Å². The minimum Gasteiger partial charge on any atom is -0.352 e. The molecule has 1 saturated carbocycles. The van der Waals surface area contributed by atoms with Crippen LogP contribution in [0.5, 0.6) is 0 Å². The number of hydrogen-bond donors (Lipinski definition) is 1. The van der Waals surface area contributed by atoms with Crippen molar-refractivity contribution in [3.63, 3.8) is 0 Å². The van der Waals surface area contributed by atoms with Crippen molar-refractivity contribution in [1.29, 1.82) is 0 Å². The summed E-state index contributed by atoms with van der Waals surface area (Å²) in [4.78, 5) is 28.7. The first-order chi connectivity index (χ1) is 20.4. The third-order valence-electron chi connectivity index (χ3n) is 7.46. The molecule has 7 nitrogen and oxygen atoms in total. The van der Waals surface area contributed by atoms with Crippen LogP contribution < -0.4 is 9.62 Å². The lowest BCUT2D eigenvalue weighted by Gasteiger charge is -2.34. The number of carbonyl (C=O) groups is 2. The van der Waals surface area contributed by atoms with E-state index in [1.807, 2.05) is 0 Å². The smallest absolute Gasteiger partial charge is 0.352 e. The molecule has 4 rings (SSSR count). The van der Waals surface area contributed by atoms with Crippen molar-refractivity contribution >= 4 is 39.1 Å². The van der Waals surface area contributed by atoms with Crippen molar-refractivity contribution in [3.8, 4) is 0 Å². The van der Waals surface area contributed by atoms with Gasteiger partial charge < -0.3 is 10.2 Å². The van der Waals surface area contributed by atoms with Gasteiger partial charge in [0.1, 0.15) is 12.6 Å². The molecule has 0 spiro atoms. The molecular formula is C31H33ClF3N3O4S. The lowest BCUT2D eigenvalue weighted by molar-refractivity contribution is -0.140. The Balaban J connectivity index is 1.76. The molecule has 3 aromatic carbocycles. The summed E-state index contributed by atoms with van der Waals surface area (Å²) in [6.07, 6.45) is -0.938. The molecule has 1 unspecified atom stereocenters. The topological polar surface area (TPSA) is 86.8 Å². The predicted octanol–water partition coefficient (Wildman–Crippen LogP) is 6.42. The fourth-order valence-corrected chi connectivity index (χ4v) is 6.81. The molecule has 1 aliphatic rings. The molecule has 12 heteroatoms. The van der Waals surface area contributed by atoms with Crippen LogP contribution in [0.2, 0.25) is 5.02 Å². The number of rotatable bonds is 11. The molecule has 230 valence electrons. The number of benzene rings is 3. The quantitative estimate of drug-likeness (QED) is 0.263. The van der Waals surface area contributed by atoms with Gasteiger partial charge in [-0.3, -0.25) is 13.9 Å². The maximum absolute atomic E-state index is 14.1. The van der Waals surface area contributed by atoms with Crippen molar-refractivity contribution in [1.82, 2.24) is 10.2 Å². The molecule has 1 fully saturated rings. The summed E-state index contributed by atoms with van der Waals surface area (Å²) in [7, 11) is -4.51. The van der Waals surface area contributed by atoms with Crippen molar-refractivity contribution < 1.29 is 31.2 Å². The van der Waals surface area contributed by atoms with Gasteiger partial charge in [0.2, 0.25) is 11.8 Å². The molecule has 1 N–H and O–H groups in total. The minimum atomic E-state index is -4.75. The van der Waals surface area contributed by atoms with Gasteiger partial charge in [-0.25, -0.2) is 8.42 Å². The Labute approximate surface area is 254 Å². The van der Waals surface area contributed by atoms with Gasteiger partial charge in [-0.15, -0.1) is 0 Å². The van der Waals surface area contributed by atoms with Crippen LogP contribution in [-0.2, 0) is 32.3 Å². The average molecular weight is 636 g/mol. The fourth-order valence-electron chi connectivity index (χ4n) is 5.18. The number of anilines is 1. The second-order valence-corrected chi connectivity index (χ2v) is 12.7. The number of hydrogen-bond acceptors (Lipinski definition) is 4. The van der Waals surface area contributed by atoms with Gasteiger partial charge in [0.25, 0.3) is 10.0 Å². The van der Waals surface area contributed by atoms with Crippen molar-refractivity contribution in [2.24, 2.45) is 0 Å². The molecule has 1 aliphatic carbocycles. The first-order valence-electron chi connectivity index (χ1n) is 14.0. The molecular weight excluding hydrogens is 603 g/mol. The normalized spacial score (nSPS) is 14.7.